The molecule has 2 aromatic heterocycles. The molecule has 7 heteroatoms. The summed E-state index contributed by atoms with van der Waals surface area (Å²) in [5.74, 6) is 0.554. The van der Waals surface area contributed by atoms with E-state index in [1.165, 1.54) is 0 Å². The highest BCUT2D eigenvalue weighted by Gasteiger charge is 2.29. The fourth-order valence-electron chi connectivity index (χ4n) is 4.08. The highest BCUT2D eigenvalue weighted by atomic mass is 16.5. The third-order valence-electron chi connectivity index (χ3n) is 5.34. The zero-order valence-corrected chi connectivity index (χ0v) is 16.8. The van der Waals surface area contributed by atoms with Gasteiger partial charge in [0, 0.05) is 44.0 Å². The molecule has 1 unspecified atom stereocenters. The Hall–Kier alpha value is -3.22. The predicted molar refractivity (Wildman–Crippen MR) is 113 cm³/mol. The first-order chi connectivity index (χ1) is 14.2. The molecule has 29 heavy (non-hydrogen) atoms. The molecule has 1 atom stereocenters. The van der Waals surface area contributed by atoms with Crippen LogP contribution < -0.4 is 9.80 Å². The number of anilines is 2. The van der Waals surface area contributed by atoms with Crippen molar-refractivity contribution in [2.75, 3.05) is 36.5 Å². The van der Waals surface area contributed by atoms with Crippen molar-refractivity contribution in [3.8, 4) is 0 Å². The second-order valence-electron chi connectivity index (χ2n) is 7.21. The number of pyridine rings is 1. The minimum Gasteiger partial charge on any atom is -0.462 e. The summed E-state index contributed by atoms with van der Waals surface area (Å²) in [5, 5.41) is 9.26. The van der Waals surface area contributed by atoms with Crippen molar-refractivity contribution in [3.05, 3.63) is 54.4 Å². The number of nitrogens with zero attached hydrogens (tertiary/aromatic N) is 5. The first-order valence-electron chi connectivity index (χ1n) is 9.99. The summed E-state index contributed by atoms with van der Waals surface area (Å²) < 4.78 is 5.29. The van der Waals surface area contributed by atoms with Crippen LogP contribution in [0.2, 0.25) is 0 Å². The van der Waals surface area contributed by atoms with Crippen molar-refractivity contribution < 1.29 is 9.53 Å². The first kappa shape index (κ1) is 19.1. The largest absolute Gasteiger partial charge is 0.462 e. The average molecular weight is 391 g/mol. The smallest absolute Gasteiger partial charge is 0.341 e. The number of para-hydroxylation sites is 1. The molecule has 1 aliphatic heterocycles. The number of hydrogen-bond acceptors (Lipinski definition) is 7. The zero-order chi connectivity index (χ0) is 20.2. The Morgan fingerprint density at radius 2 is 2.14 bits per heavy atom. The van der Waals surface area contributed by atoms with Crippen molar-refractivity contribution >= 4 is 28.4 Å². The summed E-state index contributed by atoms with van der Waals surface area (Å²) in [6.45, 7) is 3.86. The number of ether oxygens (including phenoxy) is 1. The molecule has 0 amide bonds. The Bertz CT molecular complexity index is 995. The van der Waals surface area contributed by atoms with Crippen molar-refractivity contribution in [2.45, 2.75) is 25.8 Å². The Balaban J connectivity index is 1.68. The lowest BCUT2D eigenvalue weighted by Gasteiger charge is -2.31. The number of likely N-dealkylation sites (N-methyl/N-ethyl adjacent to an activating group) is 1. The minimum absolute atomic E-state index is 0.290. The predicted octanol–water partition coefficient (Wildman–Crippen LogP) is 3.31. The van der Waals surface area contributed by atoms with Gasteiger partial charge in [-0.15, -0.1) is 5.10 Å². The third-order valence-corrected chi connectivity index (χ3v) is 5.34. The van der Waals surface area contributed by atoms with Gasteiger partial charge in [-0.3, -0.25) is 4.98 Å². The van der Waals surface area contributed by atoms with E-state index in [2.05, 4.69) is 25.0 Å². The van der Waals surface area contributed by atoms with Gasteiger partial charge in [-0.25, -0.2) is 4.79 Å². The Kier molecular flexibility index (Phi) is 5.55. The number of fused-ring (bicyclic) bond motifs is 1. The molecule has 0 bridgehead atoms. The fourth-order valence-corrected chi connectivity index (χ4v) is 4.08. The number of benzene rings is 1. The van der Waals surface area contributed by atoms with Crippen LogP contribution in [0.1, 0.15) is 30.1 Å². The van der Waals surface area contributed by atoms with Crippen molar-refractivity contribution in [1.29, 1.82) is 0 Å². The van der Waals surface area contributed by atoms with Crippen LogP contribution in [-0.2, 0) is 4.74 Å². The number of hydrogen-bond donors (Lipinski definition) is 0. The summed E-state index contributed by atoms with van der Waals surface area (Å²) in [6.07, 6.45) is 5.49. The SMILES string of the molecule is CCOC(=O)c1cnc2ccccc2c1N(C)CC1CCCN1c1cccnn1. The minimum atomic E-state index is -0.343. The van der Waals surface area contributed by atoms with E-state index in [1.807, 2.05) is 50.4 Å². The maximum absolute atomic E-state index is 12.6. The van der Waals surface area contributed by atoms with Gasteiger partial charge >= 0.3 is 5.97 Å². The molecule has 150 valence electrons. The molecule has 3 heterocycles. The van der Waals surface area contributed by atoms with Crippen LogP contribution in [0.25, 0.3) is 10.9 Å². The molecule has 1 aliphatic rings. The molecule has 1 fully saturated rings. The lowest BCUT2D eigenvalue weighted by molar-refractivity contribution is 0.0527. The van der Waals surface area contributed by atoms with E-state index in [1.54, 1.807) is 12.4 Å². The molecule has 3 aromatic rings. The van der Waals surface area contributed by atoms with Crippen LogP contribution in [0, 0.1) is 0 Å². The average Bonchev–Trinajstić information content (AvgIpc) is 3.21. The van der Waals surface area contributed by atoms with Crippen LogP contribution in [-0.4, -0.2) is 53.9 Å². The molecule has 1 aromatic carbocycles. The maximum atomic E-state index is 12.6. The molecule has 4 rings (SSSR count). The first-order valence-corrected chi connectivity index (χ1v) is 9.99. The van der Waals surface area contributed by atoms with E-state index >= 15 is 0 Å². The van der Waals surface area contributed by atoms with Gasteiger partial charge in [0.25, 0.3) is 0 Å². The monoisotopic (exact) mass is 391 g/mol. The van der Waals surface area contributed by atoms with Gasteiger partial charge in [0.15, 0.2) is 5.82 Å². The quantitative estimate of drug-likeness (QED) is 0.597. The summed E-state index contributed by atoms with van der Waals surface area (Å²) in [7, 11) is 2.03. The molecule has 1 saturated heterocycles. The number of aromatic nitrogens is 3. The van der Waals surface area contributed by atoms with Crippen LogP contribution in [0.4, 0.5) is 11.5 Å². The maximum Gasteiger partial charge on any atom is 0.341 e. The van der Waals surface area contributed by atoms with Gasteiger partial charge < -0.3 is 14.5 Å². The molecule has 0 aliphatic carbocycles. The number of rotatable bonds is 6. The van der Waals surface area contributed by atoms with E-state index in [0.29, 0.717) is 18.2 Å². The number of carbonyl (C=O) groups excluding carboxylic acids is 1. The van der Waals surface area contributed by atoms with Gasteiger partial charge in [0.1, 0.15) is 5.56 Å². The number of esters is 1. The summed E-state index contributed by atoms with van der Waals surface area (Å²) in [5.41, 5.74) is 2.22. The van der Waals surface area contributed by atoms with Gasteiger partial charge in [0.05, 0.1) is 17.8 Å². The van der Waals surface area contributed by atoms with E-state index in [4.69, 9.17) is 4.74 Å². The molecular weight excluding hydrogens is 366 g/mol. The summed E-state index contributed by atoms with van der Waals surface area (Å²) in [6, 6.07) is 12.1. The normalized spacial score (nSPS) is 16.2. The zero-order valence-electron chi connectivity index (χ0n) is 16.8. The number of carbonyl (C=O) groups is 1. The topological polar surface area (TPSA) is 71.5 Å². The lowest BCUT2D eigenvalue weighted by Crippen LogP contribution is -2.40. The third kappa shape index (κ3) is 3.85. The van der Waals surface area contributed by atoms with Crippen LogP contribution in [0.5, 0.6) is 0 Å². The molecular formula is C22H25N5O2. The molecule has 0 saturated carbocycles. The summed E-state index contributed by atoms with van der Waals surface area (Å²) in [4.78, 5) is 21.5. The van der Waals surface area contributed by atoms with Gasteiger partial charge in [0.2, 0.25) is 0 Å². The molecule has 7 nitrogen and oxygen atoms in total. The molecule has 0 radical (unpaired) electrons. The van der Waals surface area contributed by atoms with Crippen molar-refractivity contribution in [1.82, 2.24) is 15.2 Å². The second kappa shape index (κ2) is 8.43. The highest BCUT2D eigenvalue weighted by Crippen LogP contribution is 2.31. The van der Waals surface area contributed by atoms with E-state index in [0.717, 1.165) is 48.3 Å². The van der Waals surface area contributed by atoms with Gasteiger partial charge in [-0.05, 0) is 38.0 Å². The van der Waals surface area contributed by atoms with Crippen LogP contribution in [0.3, 0.4) is 0 Å². The van der Waals surface area contributed by atoms with Crippen LogP contribution >= 0.6 is 0 Å². The summed E-state index contributed by atoms with van der Waals surface area (Å²) >= 11 is 0. The van der Waals surface area contributed by atoms with Gasteiger partial charge in [-0.2, -0.15) is 5.10 Å². The van der Waals surface area contributed by atoms with Crippen molar-refractivity contribution in [2.24, 2.45) is 0 Å². The Morgan fingerprint density at radius 1 is 1.28 bits per heavy atom. The van der Waals surface area contributed by atoms with Crippen LogP contribution in [0.15, 0.2) is 48.8 Å². The molecule has 0 N–H and O–H groups in total. The molecule has 0 spiro atoms. The Morgan fingerprint density at radius 3 is 2.93 bits per heavy atom. The fraction of sp³-hybridized carbons (Fsp3) is 0.364. The van der Waals surface area contributed by atoms with E-state index in [9.17, 15) is 4.79 Å². The Labute approximate surface area is 170 Å². The van der Waals surface area contributed by atoms with Crippen molar-refractivity contribution in [3.63, 3.8) is 0 Å². The van der Waals surface area contributed by atoms with Gasteiger partial charge in [-0.1, -0.05) is 18.2 Å². The van der Waals surface area contributed by atoms with E-state index in [-0.39, 0.29) is 5.97 Å². The standard InChI is InChI=1S/C22H25N5O2/c1-3-29-22(28)18-14-23-19-10-5-4-9-17(19)21(18)26(2)15-16-8-7-13-27(16)20-11-6-12-24-25-20/h4-6,9-12,14,16H,3,7-8,13,15H2,1-2H3. The lowest BCUT2D eigenvalue weighted by atomic mass is 10.1. The highest BCUT2D eigenvalue weighted by molar-refractivity contribution is 6.05. The van der Waals surface area contributed by atoms with E-state index < -0.39 is 0 Å². The second-order valence-corrected chi connectivity index (χ2v) is 7.21.